The monoisotopic (exact) mass is 297 g/mol. The number of carbonyl (C=O) groups is 1. The summed E-state index contributed by atoms with van der Waals surface area (Å²) in [6.07, 6.45) is 7.41. The normalized spacial score (nSPS) is 15.5. The van der Waals surface area contributed by atoms with Crippen molar-refractivity contribution >= 4 is 28.9 Å². The highest BCUT2D eigenvalue weighted by molar-refractivity contribution is 7.10. The van der Waals surface area contributed by atoms with Crippen LogP contribution >= 0.6 is 11.3 Å². The van der Waals surface area contributed by atoms with Crippen molar-refractivity contribution in [1.29, 1.82) is 0 Å². The summed E-state index contributed by atoms with van der Waals surface area (Å²) in [6, 6.07) is 12.0. The molecule has 0 amide bonds. The highest BCUT2D eigenvalue weighted by atomic mass is 32.1. The molecule has 1 aromatic carbocycles. The van der Waals surface area contributed by atoms with E-state index in [4.69, 9.17) is 0 Å². The van der Waals surface area contributed by atoms with Gasteiger partial charge in [0, 0.05) is 29.2 Å². The molecule has 0 radical (unpaired) electrons. The van der Waals surface area contributed by atoms with Crippen LogP contribution in [0.15, 0.2) is 47.9 Å². The minimum absolute atomic E-state index is 0.0635. The van der Waals surface area contributed by atoms with Gasteiger partial charge < -0.3 is 4.90 Å². The van der Waals surface area contributed by atoms with Crippen LogP contribution in [-0.2, 0) is 0 Å². The van der Waals surface area contributed by atoms with Crippen molar-refractivity contribution in [2.45, 2.75) is 19.3 Å². The van der Waals surface area contributed by atoms with Crippen LogP contribution in [0, 0.1) is 0 Å². The number of carbonyl (C=O) groups excluding carboxylic acids is 1. The fourth-order valence-electron chi connectivity index (χ4n) is 2.63. The van der Waals surface area contributed by atoms with E-state index < -0.39 is 0 Å². The molecule has 0 N–H and O–H groups in total. The highest BCUT2D eigenvalue weighted by Crippen LogP contribution is 2.20. The van der Waals surface area contributed by atoms with Gasteiger partial charge in [-0.15, -0.1) is 11.3 Å². The molecule has 1 aliphatic heterocycles. The number of anilines is 1. The fourth-order valence-corrected chi connectivity index (χ4v) is 3.25. The molecule has 1 aromatic heterocycles. The predicted octanol–water partition coefficient (Wildman–Crippen LogP) is 4.63. The van der Waals surface area contributed by atoms with Gasteiger partial charge in [0.15, 0.2) is 5.78 Å². The van der Waals surface area contributed by atoms with Crippen LogP contribution in [0.3, 0.4) is 0 Å². The zero-order valence-electron chi connectivity index (χ0n) is 12.0. The standard InChI is InChI=1S/C18H19NOS/c20-18(11-10-17-5-4-14-21-17)15-6-8-16(9-7-15)19-12-2-1-3-13-19/h4-11,14H,1-3,12-13H2. The molecule has 2 heterocycles. The lowest BCUT2D eigenvalue weighted by atomic mass is 10.1. The SMILES string of the molecule is O=C(C=Cc1cccs1)c1ccc(N2CCCCC2)cc1. The van der Waals surface area contributed by atoms with Crippen LogP contribution in [0.4, 0.5) is 5.69 Å². The molecule has 3 rings (SSSR count). The van der Waals surface area contributed by atoms with Crippen molar-refractivity contribution < 1.29 is 4.79 Å². The van der Waals surface area contributed by atoms with E-state index in [2.05, 4.69) is 17.0 Å². The van der Waals surface area contributed by atoms with E-state index in [1.165, 1.54) is 24.9 Å². The predicted molar refractivity (Wildman–Crippen MR) is 90.2 cm³/mol. The van der Waals surface area contributed by atoms with Gasteiger partial charge in [-0.05, 0) is 67.1 Å². The Hall–Kier alpha value is -1.87. The molecule has 0 unspecified atom stereocenters. The summed E-state index contributed by atoms with van der Waals surface area (Å²) in [4.78, 5) is 15.6. The molecule has 0 aliphatic carbocycles. The molecule has 21 heavy (non-hydrogen) atoms. The Balaban J connectivity index is 1.67. The Bertz CT molecular complexity index is 607. The second-order valence-electron chi connectivity index (χ2n) is 5.31. The quantitative estimate of drug-likeness (QED) is 0.605. The van der Waals surface area contributed by atoms with Crippen molar-refractivity contribution in [2.75, 3.05) is 18.0 Å². The number of ketones is 1. The minimum atomic E-state index is 0.0635. The molecule has 1 fully saturated rings. The summed E-state index contributed by atoms with van der Waals surface area (Å²) >= 11 is 1.64. The smallest absolute Gasteiger partial charge is 0.185 e. The molecular weight excluding hydrogens is 278 g/mol. The second kappa shape index (κ2) is 6.72. The van der Waals surface area contributed by atoms with Crippen molar-refractivity contribution in [3.8, 4) is 0 Å². The van der Waals surface area contributed by atoms with Crippen molar-refractivity contribution in [3.05, 3.63) is 58.3 Å². The fraction of sp³-hybridized carbons (Fsp3) is 0.278. The first-order chi connectivity index (χ1) is 10.3. The molecule has 2 aromatic rings. The van der Waals surface area contributed by atoms with Gasteiger partial charge in [0.05, 0.1) is 0 Å². The first-order valence-electron chi connectivity index (χ1n) is 7.44. The molecule has 0 saturated carbocycles. The third-order valence-corrected chi connectivity index (χ3v) is 4.65. The Morgan fingerprint density at radius 3 is 2.48 bits per heavy atom. The van der Waals surface area contributed by atoms with E-state index in [-0.39, 0.29) is 5.78 Å². The summed E-state index contributed by atoms with van der Waals surface area (Å²) in [5.74, 6) is 0.0635. The molecule has 108 valence electrons. The van der Waals surface area contributed by atoms with Gasteiger partial charge in [0.2, 0.25) is 0 Å². The number of piperidine rings is 1. The summed E-state index contributed by atoms with van der Waals surface area (Å²) in [5.41, 5.74) is 1.98. The lowest BCUT2D eigenvalue weighted by Gasteiger charge is -2.28. The summed E-state index contributed by atoms with van der Waals surface area (Å²) in [7, 11) is 0. The number of rotatable bonds is 4. The van der Waals surface area contributed by atoms with Crippen LogP contribution in [0.5, 0.6) is 0 Å². The molecule has 3 heteroatoms. The maximum absolute atomic E-state index is 12.1. The Morgan fingerprint density at radius 1 is 1.05 bits per heavy atom. The third kappa shape index (κ3) is 3.61. The van der Waals surface area contributed by atoms with Crippen LogP contribution < -0.4 is 4.90 Å². The second-order valence-corrected chi connectivity index (χ2v) is 6.29. The van der Waals surface area contributed by atoms with E-state index in [1.807, 2.05) is 35.7 Å². The Morgan fingerprint density at radius 2 is 1.81 bits per heavy atom. The first-order valence-corrected chi connectivity index (χ1v) is 8.32. The van der Waals surface area contributed by atoms with Gasteiger partial charge in [-0.25, -0.2) is 0 Å². The van der Waals surface area contributed by atoms with Gasteiger partial charge >= 0.3 is 0 Å². The molecule has 2 nitrogen and oxygen atoms in total. The minimum Gasteiger partial charge on any atom is -0.372 e. The first kappa shape index (κ1) is 14.1. The van der Waals surface area contributed by atoms with Gasteiger partial charge in [0.1, 0.15) is 0 Å². The lowest BCUT2D eigenvalue weighted by molar-refractivity contribution is 0.104. The number of benzene rings is 1. The molecular formula is C18H19NOS. The van der Waals surface area contributed by atoms with Crippen molar-refractivity contribution in [3.63, 3.8) is 0 Å². The molecule has 0 atom stereocenters. The van der Waals surface area contributed by atoms with E-state index in [0.29, 0.717) is 0 Å². The van der Waals surface area contributed by atoms with Crippen LogP contribution in [0.2, 0.25) is 0 Å². The van der Waals surface area contributed by atoms with Crippen LogP contribution in [0.25, 0.3) is 6.08 Å². The number of thiophene rings is 1. The maximum Gasteiger partial charge on any atom is 0.185 e. The van der Waals surface area contributed by atoms with Gasteiger partial charge in [-0.1, -0.05) is 6.07 Å². The average molecular weight is 297 g/mol. The van der Waals surface area contributed by atoms with Gasteiger partial charge in [-0.3, -0.25) is 4.79 Å². The average Bonchev–Trinajstić information content (AvgIpc) is 3.07. The largest absolute Gasteiger partial charge is 0.372 e. The highest BCUT2D eigenvalue weighted by Gasteiger charge is 2.11. The number of allylic oxidation sites excluding steroid dienone is 1. The summed E-state index contributed by atoms with van der Waals surface area (Å²) < 4.78 is 0. The Kier molecular flexibility index (Phi) is 4.51. The molecule has 1 aliphatic rings. The van der Waals surface area contributed by atoms with E-state index in [9.17, 15) is 4.79 Å². The lowest BCUT2D eigenvalue weighted by Crippen LogP contribution is -2.29. The van der Waals surface area contributed by atoms with Crippen LogP contribution in [-0.4, -0.2) is 18.9 Å². The van der Waals surface area contributed by atoms with E-state index >= 15 is 0 Å². The zero-order valence-corrected chi connectivity index (χ0v) is 12.8. The molecule has 1 saturated heterocycles. The number of hydrogen-bond acceptors (Lipinski definition) is 3. The maximum atomic E-state index is 12.1. The van der Waals surface area contributed by atoms with Crippen molar-refractivity contribution in [2.24, 2.45) is 0 Å². The summed E-state index contributed by atoms with van der Waals surface area (Å²) in [5, 5.41) is 2.01. The van der Waals surface area contributed by atoms with Crippen molar-refractivity contribution in [1.82, 2.24) is 0 Å². The van der Waals surface area contributed by atoms with E-state index in [0.717, 1.165) is 23.5 Å². The van der Waals surface area contributed by atoms with Gasteiger partial charge in [-0.2, -0.15) is 0 Å². The summed E-state index contributed by atoms with van der Waals surface area (Å²) in [6.45, 7) is 2.26. The van der Waals surface area contributed by atoms with Gasteiger partial charge in [0.25, 0.3) is 0 Å². The van der Waals surface area contributed by atoms with E-state index in [1.54, 1.807) is 17.4 Å². The molecule has 0 bridgehead atoms. The van der Waals surface area contributed by atoms with Crippen LogP contribution in [0.1, 0.15) is 34.5 Å². The number of nitrogens with zero attached hydrogens (tertiary/aromatic N) is 1. The third-order valence-electron chi connectivity index (χ3n) is 3.82. The number of hydrogen-bond donors (Lipinski definition) is 0. The zero-order chi connectivity index (χ0) is 14.5. The molecule has 0 spiro atoms. The Labute approximate surface area is 129 Å². The topological polar surface area (TPSA) is 20.3 Å².